The highest BCUT2D eigenvalue weighted by Crippen LogP contribution is 2.30. The molecule has 2 aliphatic heterocycles. The summed E-state index contributed by atoms with van der Waals surface area (Å²) in [6, 6.07) is 8.34. The number of hydrogen-bond donors (Lipinski definition) is 2. The monoisotopic (exact) mass is 600 g/mol. The largest absolute Gasteiger partial charge is 0.378 e. The minimum Gasteiger partial charge on any atom is -0.378 e. The zero-order valence-electron chi connectivity index (χ0n) is 26.3. The maximum absolute atomic E-state index is 11.9. The summed E-state index contributed by atoms with van der Waals surface area (Å²) in [7, 11) is 6.12. The van der Waals surface area contributed by atoms with Crippen molar-refractivity contribution in [3.63, 3.8) is 0 Å². The van der Waals surface area contributed by atoms with E-state index in [0.29, 0.717) is 30.5 Å². The van der Waals surface area contributed by atoms with Crippen LogP contribution < -0.4 is 15.3 Å². The summed E-state index contributed by atoms with van der Waals surface area (Å²) in [5.74, 6) is 2.49. The van der Waals surface area contributed by atoms with E-state index in [9.17, 15) is 4.79 Å². The topological polar surface area (TPSA) is 121 Å². The molecule has 1 unspecified atom stereocenters. The number of aromatic nitrogens is 4. The van der Waals surface area contributed by atoms with Gasteiger partial charge in [-0.2, -0.15) is 0 Å². The van der Waals surface area contributed by atoms with Gasteiger partial charge in [-0.1, -0.05) is 19.1 Å². The second-order valence-corrected chi connectivity index (χ2v) is 11.9. The molecule has 0 bridgehead atoms. The lowest BCUT2D eigenvalue weighted by atomic mass is 9.96. The first-order valence-corrected chi connectivity index (χ1v) is 15.5. The third-order valence-electron chi connectivity index (χ3n) is 8.42. The smallest absolute Gasteiger partial charge is 0.276 e. The van der Waals surface area contributed by atoms with E-state index in [4.69, 9.17) is 24.9 Å². The van der Waals surface area contributed by atoms with Crippen LogP contribution in [0.3, 0.4) is 0 Å². The minimum atomic E-state index is -0.544. The molecular formula is C33H44N8O3. The Morgan fingerprint density at radius 2 is 1.84 bits per heavy atom. The van der Waals surface area contributed by atoms with Gasteiger partial charge in [0.2, 0.25) is 0 Å². The number of carbonyl (C=O) groups is 1. The molecule has 1 amide bonds. The fraction of sp³-hybridized carbons (Fsp3) is 0.485. The molecule has 0 radical (unpaired) electrons. The number of imidazole rings is 1. The zero-order valence-corrected chi connectivity index (χ0v) is 26.3. The summed E-state index contributed by atoms with van der Waals surface area (Å²) in [6.45, 7) is 5.16. The lowest BCUT2D eigenvalue weighted by Crippen LogP contribution is -2.37. The second kappa shape index (κ2) is 14.6. The Kier molecular flexibility index (Phi) is 10.4. The van der Waals surface area contributed by atoms with Crippen LogP contribution in [0.15, 0.2) is 53.2 Å². The SMILES string of the molecule is CC(CC/C1=N/C=C(C(=O)NO)\C=C/CCC1)CCc1nc2c(N3CCOCC3)nc(-c3ccc(N(C)C)cc3)nc2n1C. The van der Waals surface area contributed by atoms with Gasteiger partial charge in [-0.05, 0) is 68.7 Å². The lowest BCUT2D eigenvalue weighted by Gasteiger charge is -2.28. The van der Waals surface area contributed by atoms with Gasteiger partial charge in [0.05, 0.1) is 18.8 Å². The van der Waals surface area contributed by atoms with Gasteiger partial charge in [-0.15, -0.1) is 0 Å². The van der Waals surface area contributed by atoms with Crippen molar-refractivity contribution in [2.24, 2.45) is 18.0 Å². The van der Waals surface area contributed by atoms with Crippen LogP contribution in [0, 0.1) is 5.92 Å². The third-order valence-corrected chi connectivity index (χ3v) is 8.42. The van der Waals surface area contributed by atoms with Crippen LogP contribution in [0.25, 0.3) is 22.6 Å². The number of nitrogens with one attached hydrogen (secondary N) is 1. The van der Waals surface area contributed by atoms with Gasteiger partial charge in [0, 0.05) is 63.8 Å². The van der Waals surface area contributed by atoms with E-state index >= 15 is 0 Å². The molecule has 1 aromatic carbocycles. The molecule has 1 atom stereocenters. The fourth-order valence-electron chi connectivity index (χ4n) is 5.57. The number of hydroxylamine groups is 1. The molecule has 11 heteroatoms. The zero-order chi connectivity index (χ0) is 31.1. The van der Waals surface area contributed by atoms with Gasteiger partial charge in [0.25, 0.3) is 5.91 Å². The van der Waals surface area contributed by atoms with Crippen molar-refractivity contribution >= 4 is 34.3 Å². The highest BCUT2D eigenvalue weighted by molar-refractivity contribution is 5.96. The number of aryl methyl sites for hydroxylation is 2. The number of amides is 1. The Morgan fingerprint density at radius 3 is 2.57 bits per heavy atom. The van der Waals surface area contributed by atoms with Crippen LogP contribution >= 0.6 is 0 Å². The molecule has 4 heterocycles. The van der Waals surface area contributed by atoms with Crippen molar-refractivity contribution in [3.8, 4) is 11.4 Å². The van der Waals surface area contributed by atoms with Crippen LogP contribution in [-0.4, -0.2) is 76.7 Å². The number of rotatable bonds is 10. The second-order valence-electron chi connectivity index (χ2n) is 11.9. The molecule has 2 aromatic heterocycles. The number of ether oxygens (including phenoxy) is 1. The number of fused-ring (bicyclic) bond motifs is 1. The van der Waals surface area contributed by atoms with Crippen molar-refractivity contribution in [1.29, 1.82) is 0 Å². The maximum Gasteiger partial charge on any atom is 0.276 e. The van der Waals surface area contributed by atoms with Gasteiger partial charge >= 0.3 is 0 Å². The quantitative estimate of drug-likeness (QED) is 0.250. The van der Waals surface area contributed by atoms with E-state index in [2.05, 4.69) is 57.6 Å². The summed E-state index contributed by atoms with van der Waals surface area (Å²) in [4.78, 5) is 36.0. The van der Waals surface area contributed by atoms with E-state index < -0.39 is 5.91 Å². The summed E-state index contributed by atoms with van der Waals surface area (Å²) >= 11 is 0. The molecule has 2 N–H and O–H groups in total. The third kappa shape index (κ3) is 7.51. The number of nitrogens with zero attached hydrogens (tertiary/aromatic N) is 7. The highest BCUT2D eigenvalue weighted by Gasteiger charge is 2.23. The number of benzene rings is 1. The van der Waals surface area contributed by atoms with Crippen molar-refractivity contribution in [1.82, 2.24) is 25.0 Å². The van der Waals surface area contributed by atoms with Gasteiger partial charge in [0.15, 0.2) is 22.8 Å². The van der Waals surface area contributed by atoms with E-state index in [1.807, 2.05) is 20.2 Å². The van der Waals surface area contributed by atoms with Gasteiger partial charge in [0.1, 0.15) is 5.82 Å². The van der Waals surface area contributed by atoms with Crippen LogP contribution in [-0.2, 0) is 23.0 Å². The first kappa shape index (κ1) is 31.3. The van der Waals surface area contributed by atoms with Crippen LogP contribution in [0.1, 0.15) is 51.3 Å². The Bertz CT molecular complexity index is 1530. The summed E-state index contributed by atoms with van der Waals surface area (Å²) in [5, 5.41) is 9.01. The molecule has 0 spiro atoms. The van der Waals surface area contributed by atoms with Gasteiger partial charge < -0.3 is 19.1 Å². The molecule has 44 heavy (non-hydrogen) atoms. The number of anilines is 2. The predicted molar refractivity (Wildman–Crippen MR) is 174 cm³/mol. The average Bonchev–Trinajstić information content (AvgIpc) is 3.43. The number of aliphatic imine (C=N–C) groups is 1. The van der Waals surface area contributed by atoms with Gasteiger partial charge in [-0.3, -0.25) is 15.0 Å². The van der Waals surface area contributed by atoms with E-state index in [-0.39, 0.29) is 0 Å². The molecule has 2 aliphatic rings. The summed E-state index contributed by atoms with van der Waals surface area (Å²) < 4.78 is 7.75. The van der Waals surface area contributed by atoms with E-state index in [1.54, 1.807) is 17.8 Å². The number of morpholine rings is 1. The molecule has 234 valence electrons. The average molecular weight is 601 g/mol. The number of carbonyl (C=O) groups excluding carboxylic acids is 1. The van der Waals surface area contributed by atoms with Gasteiger partial charge in [-0.25, -0.2) is 20.4 Å². The fourth-order valence-corrected chi connectivity index (χ4v) is 5.57. The standard InChI is InChI=1S/C33H44N8O3/c1-23(10-14-26-9-7-5-6-8-25(22-34-26)33(42)38-43)11-17-28-35-29-31(40(28)4)36-30(24-12-15-27(16-13-24)39(2)3)37-32(29)41-18-20-44-21-19-41/h6,8,12-13,15-16,22-23,43H,5,7,9-11,14,17-21H2,1-4H3,(H,38,42)/b8-6-,25-22+,34-26+. The molecular weight excluding hydrogens is 556 g/mol. The minimum absolute atomic E-state index is 0.357. The molecule has 5 rings (SSSR count). The predicted octanol–water partition coefficient (Wildman–Crippen LogP) is 4.85. The van der Waals surface area contributed by atoms with Crippen molar-refractivity contribution < 1.29 is 14.7 Å². The van der Waals surface area contributed by atoms with E-state index in [1.165, 1.54) is 0 Å². The first-order valence-electron chi connectivity index (χ1n) is 15.5. The molecule has 0 saturated carbocycles. The molecule has 11 nitrogen and oxygen atoms in total. The Labute approximate surface area is 259 Å². The van der Waals surface area contributed by atoms with Crippen molar-refractivity contribution in [2.45, 2.75) is 51.9 Å². The van der Waals surface area contributed by atoms with Crippen LogP contribution in [0.4, 0.5) is 11.5 Å². The van der Waals surface area contributed by atoms with Crippen molar-refractivity contribution in [2.75, 3.05) is 50.2 Å². The van der Waals surface area contributed by atoms with Crippen LogP contribution in [0.2, 0.25) is 0 Å². The van der Waals surface area contributed by atoms with Crippen molar-refractivity contribution in [3.05, 3.63) is 54.0 Å². The first-order chi connectivity index (χ1) is 21.3. The number of hydrogen-bond acceptors (Lipinski definition) is 9. The molecule has 1 fully saturated rings. The summed E-state index contributed by atoms with van der Waals surface area (Å²) in [6.07, 6.45) is 11.7. The molecule has 1 saturated heterocycles. The summed E-state index contributed by atoms with van der Waals surface area (Å²) in [5.41, 5.74) is 6.94. The Hall–Kier alpha value is -4.09. The Morgan fingerprint density at radius 1 is 1.09 bits per heavy atom. The number of allylic oxidation sites excluding steroid dienone is 1. The Balaban J connectivity index is 1.33. The molecule has 0 aliphatic carbocycles. The van der Waals surface area contributed by atoms with Crippen LogP contribution in [0.5, 0.6) is 0 Å². The van der Waals surface area contributed by atoms with E-state index in [0.717, 1.165) is 97.8 Å². The molecule has 3 aromatic rings. The highest BCUT2D eigenvalue weighted by atomic mass is 16.5. The maximum atomic E-state index is 11.9. The lowest BCUT2D eigenvalue weighted by molar-refractivity contribution is -0.124. The normalized spacial score (nSPS) is 19.6.